The van der Waals surface area contributed by atoms with Gasteiger partial charge in [0.1, 0.15) is 11.4 Å². The van der Waals surface area contributed by atoms with Crippen molar-refractivity contribution in [3.8, 4) is 0 Å². The fourth-order valence-corrected chi connectivity index (χ4v) is 4.58. The number of rotatable bonds is 5. The van der Waals surface area contributed by atoms with Crippen LogP contribution in [0.15, 0.2) is 42.5 Å². The summed E-state index contributed by atoms with van der Waals surface area (Å²) in [7, 11) is -3.73. The van der Waals surface area contributed by atoms with Gasteiger partial charge in [0.15, 0.2) is 0 Å². The van der Waals surface area contributed by atoms with Gasteiger partial charge in [-0.1, -0.05) is 23.7 Å². The topological polar surface area (TPSA) is 86.8 Å². The zero-order valence-corrected chi connectivity index (χ0v) is 18.9. The van der Waals surface area contributed by atoms with E-state index in [9.17, 15) is 22.4 Å². The van der Waals surface area contributed by atoms with Crippen molar-refractivity contribution >= 4 is 39.1 Å². The number of amides is 2. The van der Waals surface area contributed by atoms with Crippen molar-refractivity contribution in [1.29, 1.82) is 0 Å². The summed E-state index contributed by atoms with van der Waals surface area (Å²) in [6.45, 7) is 2.65. The van der Waals surface area contributed by atoms with Crippen LogP contribution in [-0.2, 0) is 26.2 Å². The van der Waals surface area contributed by atoms with Crippen LogP contribution in [-0.4, -0.2) is 49.4 Å². The van der Waals surface area contributed by atoms with Crippen LogP contribution in [0.3, 0.4) is 0 Å². The van der Waals surface area contributed by atoms with Gasteiger partial charge in [0, 0.05) is 23.8 Å². The number of sulfonamides is 1. The van der Waals surface area contributed by atoms with Crippen LogP contribution in [0, 0.1) is 12.7 Å². The quantitative estimate of drug-likeness (QED) is 0.731. The summed E-state index contributed by atoms with van der Waals surface area (Å²) >= 11 is 5.89. The molecule has 0 saturated carbocycles. The zero-order chi connectivity index (χ0) is 23.0. The summed E-state index contributed by atoms with van der Waals surface area (Å²) in [6.07, 6.45) is 0.991. The van der Waals surface area contributed by atoms with Crippen molar-refractivity contribution in [2.45, 2.75) is 25.9 Å². The molecular weight excluding hydrogens is 445 g/mol. The van der Waals surface area contributed by atoms with Gasteiger partial charge in [-0.25, -0.2) is 12.8 Å². The Labute approximate surface area is 185 Å². The maximum atomic E-state index is 13.6. The van der Waals surface area contributed by atoms with Gasteiger partial charge in [-0.3, -0.25) is 14.5 Å². The highest BCUT2D eigenvalue weighted by molar-refractivity contribution is 7.88. The van der Waals surface area contributed by atoms with Gasteiger partial charge in [-0.2, -0.15) is 4.31 Å². The monoisotopic (exact) mass is 467 g/mol. The van der Waals surface area contributed by atoms with E-state index in [1.807, 2.05) is 0 Å². The third kappa shape index (κ3) is 4.89. The highest BCUT2D eigenvalue weighted by atomic mass is 35.5. The number of nitrogens with zero attached hydrogens (tertiary/aromatic N) is 2. The van der Waals surface area contributed by atoms with Crippen LogP contribution in [0.2, 0.25) is 5.02 Å². The van der Waals surface area contributed by atoms with Crippen LogP contribution >= 0.6 is 11.6 Å². The summed E-state index contributed by atoms with van der Waals surface area (Å²) in [5, 5.41) is 3.34. The molecule has 10 heteroatoms. The predicted molar refractivity (Wildman–Crippen MR) is 117 cm³/mol. The smallest absolute Gasteiger partial charge is 0.247 e. The van der Waals surface area contributed by atoms with Gasteiger partial charge < -0.3 is 5.32 Å². The molecule has 166 valence electrons. The van der Waals surface area contributed by atoms with Crippen LogP contribution in [0.1, 0.15) is 18.1 Å². The lowest BCUT2D eigenvalue weighted by molar-refractivity contribution is -0.133. The Morgan fingerprint density at radius 2 is 1.87 bits per heavy atom. The van der Waals surface area contributed by atoms with Crippen LogP contribution in [0.25, 0.3) is 0 Å². The number of anilines is 1. The molecule has 0 radical (unpaired) electrons. The van der Waals surface area contributed by atoms with E-state index >= 15 is 0 Å². The summed E-state index contributed by atoms with van der Waals surface area (Å²) in [5.74, 6) is -1.58. The molecule has 0 bridgehead atoms. The number of hydrogen-bond donors (Lipinski definition) is 1. The first-order valence-corrected chi connectivity index (χ1v) is 11.7. The predicted octanol–water partition coefficient (Wildman–Crippen LogP) is 2.47. The van der Waals surface area contributed by atoms with E-state index < -0.39 is 39.7 Å². The van der Waals surface area contributed by atoms with Gasteiger partial charge in [0.2, 0.25) is 21.8 Å². The maximum absolute atomic E-state index is 13.6. The molecule has 1 atom stereocenters. The highest BCUT2D eigenvalue weighted by Gasteiger charge is 2.50. The normalized spacial score (nSPS) is 20.0. The molecule has 2 amide bonds. The van der Waals surface area contributed by atoms with E-state index in [4.69, 9.17) is 11.6 Å². The van der Waals surface area contributed by atoms with Crippen LogP contribution < -0.4 is 10.2 Å². The number of aryl methyl sites for hydroxylation is 1. The minimum absolute atomic E-state index is 0.162. The maximum Gasteiger partial charge on any atom is 0.247 e. The molecule has 0 aliphatic carbocycles. The molecule has 2 aromatic carbocycles. The number of hydrogen-bond acceptors (Lipinski definition) is 4. The third-order valence-electron chi connectivity index (χ3n) is 5.26. The standard InChI is InChI=1S/C21H23ClFN3O4S/c1-14-10-17(23)8-9-18(14)26-19(27)12-25(31(3,29)30)13-21(26,2)20(28)24-11-15-4-6-16(22)7-5-15/h4-10H,11-13H2,1-3H3,(H,24,28)/t21-/m0/s1. The number of piperazine rings is 1. The third-order valence-corrected chi connectivity index (χ3v) is 6.71. The number of benzene rings is 2. The summed E-state index contributed by atoms with van der Waals surface area (Å²) in [6, 6.07) is 10.8. The lowest BCUT2D eigenvalue weighted by Gasteiger charge is -2.46. The molecule has 7 nitrogen and oxygen atoms in total. The second-order valence-electron chi connectivity index (χ2n) is 7.77. The minimum atomic E-state index is -3.73. The summed E-state index contributed by atoms with van der Waals surface area (Å²) in [5.41, 5.74) is 0.0440. The Bertz CT molecular complexity index is 1120. The lowest BCUT2D eigenvalue weighted by atomic mass is 9.93. The minimum Gasteiger partial charge on any atom is -0.350 e. The molecule has 0 unspecified atom stereocenters. The summed E-state index contributed by atoms with van der Waals surface area (Å²) < 4.78 is 39.0. The molecular formula is C21H23ClFN3O4S. The van der Waals surface area contributed by atoms with E-state index in [0.29, 0.717) is 16.3 Å². The Hall–Kier alpha value is -2.49. The molecule has 31 heavy (non-hydrogen) atoms. The van der Waals surface area contributed by atoms with E-state index in [0.717, 1.165) is 16.1 Å². The molecule has 2 aromatic rings. The second kappa shape index (κ2) is 8.57. The average Bonchev–Trinajstić information content (AvgIpc) is 2.67. The average molecular weight is 468 g/mol. The molecule has 1 fully saturated rings. The number of halogens is 2. The zero-order valence-electron chi connectivity index (χ0n) is 17.4. The Morgan fingerprint density at radius 3 is 2.45 bits per heavy atom. The van der Waals surface area contributed by atoms with Crippen molar-refractivity contribution in [2.75, 3.05) is 24.2 Å². The number of nitrogens with one attached hydrogen (secondary N) is 1. The molecule has 1 saturated heterocycles. The van der Waals surface area contributed by atoms with Gasteiger partial charge in [-0.05, 0) is 55.3 Å². The molecule has 1 heterocycles. The summed E-state index contributed by atoms with van der Waals surface area (Å²) in [4.78, 5) is 27.6. The molecule has 0 spiro atoms. The SMILES string of the molecule is Cc1cc(F)ccc1N1C(=O)CN(S(C)(=O)=O)C[C@@]1(C)C(=O)NCc1ccc(Cl)cc1. The van der Waals surface area contributed by atoms with Gasteiger partial charge in [0.25, 0.3) is 0 Å². The van der Waals surface area contributed by atoms with E-state index in [1.54, 1.807) is 31.2 Å². The second-order valence-corrected chi connectivity index (χ2v) is 10.2. The Morgan fingerprint density at radius 1 is 1.23 bits per heavy atom. The van der Waals surface area contributed by atoms with E-state index in [-0.39, 0.29) is 13.1 Å². The van der Waals surface area contributed by atoms with Gasteiger partial charge in [0.05, 0.1) is 12.8 Å². The first kappa shape index (κ1) is 23.2. The fourth-order valence-electron chi connectivity index (χ4n) is 3.62. The molecule has 0 aromatic heterocycles. The fraction of sp³-hybridized carbons (Fsp3) is 0.333. The Kier molecular flexibility index (Phi) is 6.40. The van der Waals surface area contributed by atoms with E-state index in [1.165, 1.54) is 30.0 Å². The van der Waals surface area contributed by atoms with Crippen LogP contribution in [0.4, 0.5) is 10.1 Å². The molecule has 1 aliphatic heterocycles. The lowest BCUT2D eigenvalue weighted by Crippen LogP contribution is -2.70. The van der Waals surface area contributed by atoms with Crippen molar-refractivity contribution in [2.24, 2.45) is 0 Å². The molecule has 1 N–H and O–H groups in total. The van der Waals surface area contributed by atoms with E-state index in [2.05, 4.69) is 5.32 Å². The molecule has 1 aliphatic rings. The first-order chi connectivity index (χ1) is 14.4. The molecule has 3 rings (SSSR count). The number of carbonyl (C=O) groups is 2. The number of carbonyl (C=O) groups excluding carboxylic acids is 2. The van der Waals surface area contributed by atoms with Crippen LogP contribution in [0.5, 0.6) is 0 Å². The van der Waals surface area contributed by atoms with Gasteiger partial charge >= 0.3 is 0 Å². The highest BCUT2D eigenvalue weighted by Crippen LogP contribution is 2.33. The largest absolute Gasteiger partial charge is 0.350 e. The van der Waals surface area contributed by atoms with Crippen molar-refractivity contribution < 1.29 is 22.4 Å². The van der Waals surface area contributed by atoms with Crippen molar-refractivity contribution in [3.05, 3.63) is 64.4 Å². The van der Waals surface area contributed by atoms with Crippen molar-refractivity contribution in [1.82, 2.24) is 9.62 Å². The van der Waals surface area contributed by atoms with Gasteiger partial charge in [-0.15, -0.1) is 0 Å². The Balaban J connectivity index is 1.98. The van der Waals surface area contributed by atoms with Crippen molar-refractivity contribution in [3.63, 3.8) is 0 Å². The first-order valence-electron chi connectivity index (χ1n) is 9.49.